The molecule has 1 aliphatic rings. The zero-order chi connectivity index (χ0) is 7.98. The van der Waals surface area contributed by atoms with Gasteiger partial charge in [-0.2, -0.15) is 0 Å². The van der Waals surface area contributed by atoms with Gasteiger partial charge in [0.1, 0.15) is 0 Å². The van der Waals surface area contributed by atoms with Crippen LogP contribution in [0.3, 0.4) is 0 Å². The molecule has 0 bridgehead atoms. The normalized spacial score (nSPS) is 24.4. The third kappa shape index (κ3) is 3.94. The molecule has 0 heterocycles. The van der Waals surface area contributed by atoms with E-state index < -0.39 is 0 Å². The van der Waals surface area contributed by atoms with Gasteiger partial charge in [-0.05, 0) is 26.2 Å². The van der Waals surface area contributed by atoms with Gasteiger partial charge in [0, 0.05) is 5.38 Å². The average molecular weight is 161 g/mol. The van der Waals surface area contributed by atoms with E-state index in [0.29, 0.717) is 5.38 Å². The third-order valence-electron chi connectivity index (χ3n) is 1.57. The lowest BCUT2D eigenvalue weighted by Crippen LogP contribution is -2.01. The van der Waals surface area contributed by atoms with Gasteiger partial charge in [-0.3, -0.25) is 0 Å². The zero-order valence-corrected chi connectivity index (χ0v) is 7.91. The van der Waals surface area contributed by atoms with Crippen LogP contribution >= 0.6 is 11.6 Å². The molecule has 1 atom stereocenters. The van der Waals surface area contributed by atoms with E-state index in [2.05, 4.69) is 13.0 Å². The monoisotopic (exact) mass is 160 g/mol. The molecule has 1 aliphatic carbocycles. The van der Waals surface area contributed by atoms with E-state index in [-0.39, 0.29) is 0 Å². The molecule has 0 saturated carbocycles. The maximum Gasteiger partial charge on any atom is 0.0373 e. The Morgan fingerprint density at radius 1 is 1.50 bits per heavy atom. The minimum Gasteiger partial charge on any atom is -0.123 e. The minimum absolute atomic E-state index is 0.415. The topological polar surface area (TPSA) is 0 Å². The average Bonchev–Trinajstić information content (AvgIpc) is 2.00. The van der Waals surface area contributed by atoms with E-state index in [0.717, 1.165) is 6.42 Å². The summed E-state index contributed by atoms with van der Waals surface area (Å²) in [6.45, 7) is 6.17. The van der Waals surface area contributed by atoms with Gasteiger partial charge in [0.15, 0.2) is 0 Å². The highest BCUT2D eigenvalue weighted by molar-refractivity contribution is 6.20. The van der Waals surface area contributed by atoms with Crippen molar-refractivity contribution in [2.45, 2.75) is 45.4 Å². The lowest BCUT2D eigenvalue weighted by atomic mass is 10.0. The third-order valence-corrected chi connectivity index (χ3v) is 1.97. The van der Waals surface area contributed by atoms with Crippen LogP contribution in [0, 0.1) is 0 Å². The largest absolute Gasteiger partial charge is 0.123 e. The van der Waals surface area contributed by atoms with Crippen molar-refractivity contribution in [3.05, 3.63) is 11.6 Å². The van der Waals surface area contributed by atoms with Crippen LogP contribution in [0.15, 0.2) is 11.6 Å². The molecule has 60 valence electrons. The van der Waals surface area contributed by atoms with Gasteiger partial charge in [-0.1, -0.05) is 25.5 Å². The van der Waals surface area contributed by atoms with Crippen LogP contribution in [0.2, 0.25) is 0 Å². The van der Waals surface area contributed by atoms with Crippen molar-refractivity contribution >= 4 is 11.6 Å². The number of hydrogen-bond acceptors (Lipinski definition) is 0. The van der Waals surface area contributed by atoms with E-state index in [1.807, 2.05) is 13.8 Å². The van der Waals surface area contributed by atoms with E-state index >= 15 is 0 Å². The Balaban J connectivity index is 0.000000371. The van der Waals surface area contributed by atoms with Gasteiger partial charge >= 0.3 is 0 Å². The molecule has 0 aromatic rings. The maximum atomic E-state index is 5.84. The molecule has 0 nitrogen and oxygen atoms in total. The summed E-state index contributed by atoms with van der Waals surface area (Å²) < 4.78 is 0. The molecule has 10 heavy (non-hydrogen) atoms. The fourth-order valence-electron chi connectivity index (χ4n) is 0.933. The van der Waals surface area contributed by atoms with Gasteiger partial charge in [-0.25, -0.2) is 0 Å². The predicted molar refractivity (Wildman–Crippen MR) is 48.6 cm³/mol. The van der Waals surface area contributed by atoms with Gasteiger partial charge < -0.3 is 0 Å². The van der Waals surface area contributed by atoms with Gasteiger partial charge in [0.05, 0.1) is 0 Å². The van der Waals surface area contributed by atoms with Crippen molar-refractivity contribution in [1.29, 1.82) is 0 Å². The lowest BCUT2D eigenvalue weighted by molar-refractivity contribution is 0.710. The molecule has 1 heteroatoms. The predicted octanol–water partition coefficient (Wildman–Crippen LogP) is 3.75. The van der Waals surface area contributed by atoms with Gasteiger partial charge in [0.2, 0.25) is 0 Å². The fraction of sp³-hybridized carbons (Fsp3) is 0.778. The molecule has 0 aromatic carbocycles. The highest BCUT2D eigenvalue weighted by Crippen LogP contribution is 2.20. The summed E-state index contributed by atoms with van der Waals surface area (Å²) in [6.07, 6.45) is 5.69. The molecule has 1 rings (SSSR count). The Labute approximate surface area is 69.3 Å². The summed E-state index contributed by atoms with van der Waals surface area (Å²) >= 11 is 5.84. The smallest absolute Gasteiger partial charge is 0.0373 e. The molecule has 0 saturated heterocycles. The molecule has 0 radical (unpaired) electrons. The Hall–Kier alpha value is 0.0300. The van der Waals surface area contributed by atoms with E-state index in [1.165, 1.54) is 18.4 Å². The molecule has 0 aromatic heterocycles. The lowest BCUT2D eigenvalue weighted by Gasteiger charge is -2.12. The molecule has 0 spiro atoms. The zero-order valence-electron chi connectivity index (χ0n) is 7.15. The van der Waals surface area contributed by atoms with Crippen LogP contribution in [-0.2, 0) is 0 Å². The first-order valence-electron chi connectivity index (χ1n) is 4.09. The molecule has 0 aliphatic heterocycles. The van der Waals surface area contributed by atoms with Crippen LogP contribution in [0.4, 0.5) is 0 Å². The summed E-state index contributed by atoms with van der Waals surface area (Å²) in [6, 6.07) is 0. The van der Waals surface area contributed by atoms with Crippen molar-refractivity contribution in [1.82, 2.24) is 0 Å². The van der Waals surface area contributed by atoms with Gasteiger partial charge in [-0.15, -0.1) is 11.6 Å². The summed E-state index contributed by atoms with van der Waals surface area (Å²) in [5, 5.41) is 0.415. The number of rotatable bonds is 0. The molecular weight excluding hydrogens is 144 g/mol. The second-order valence-corrected chi connectivity index (χ2v) is 3.04. The Kier molecular flexibility index (Phi) is 5.81. The first-order chi connectivity index (χ1) is 4.79. The summed E-state index contributed by atoms with van der Waals surface area (Å²) in [4.78, 5) is 0. The van der Waals surface area contributed by atoms with Crippen LogP contribution in [-0.4, -0.2) is 5.38 Å². The SMILES string of the molecule is CC.CC1=CCC(Cl)CC1. The maximum absolute atomic E-state index is 5.84. The van der Waals surface area contributed by atoms with Crippen molar-refractivity contribution in [2.24, 2.45) is 0 Å². The van der Waals surface area contributed by atoms with Crippen molar-refractivity contribution in [2.75, 3.05) is 0 Å². The van der Waals surface area contributed by atoms with E-state index in [9.17, 15) is 0 Å². The first-order valence-corrected chi connectivity index (χ1v) is 4.52. The van der Waals surface area contributed by atoms with Crippen molar-refractivity contribution in [3.8, 4) is 0 Å². The quantitative estimate of drug-likeness (QED) is 0.374. The number of hydrogen-bond donors (Lipinski definition) is 0. The van der Waals surface area contributed by atoms with Gasteiger partial charge in [0.25, 0.3) is 0 Å². The number of alkyl halides is 1. The molecule has 0 fully saturated rings. The molecule has 1 unspecified atom stereocenters. The molecule has 0 N–H and O–H groups in total. The minimum atomic E-state index is 0.415. The van der Waals surface area contributed by atoms with Crippen LogP contribution in [0.25, 0.3) is 0 Å². The summed E-state index contributed by atoms with van der Waals surface area (Å²) in [5.41, 5.74) is 1.50. The highest BCUT2D eigenvalue weighted by atomic mass is 35.5. The Bertz CT molecular complexity index is 105. The molecular formula is C9H17Cl. The van der Waals surface area contributed by atoms with Crippen molar-refractivity contribution < 1.29 is 0 Å². The Morgan fingerprint density at radius 3 is 2.40 bits per heavy atom. The number of allylic oxidation sites excluding steroid dienone is 2. The van der Waals surface area contributed by atoms with E-state index in [4.69, 9.17) is 11.6 Å². The van der Waals surface area contributed by atoms with E-state index in [1.54, 1.807) is 0 Å². The first kappa shape index (κ1) is 10.0. The van der Waals surface area contributed by atoms with Crippen molar-refractivity contribution in [3.63, 3.8) is 0 Å². The second kappa shape index (κ2) is 5.79. The summed E-state index contributed by atoms with van der Waals surface area (Å²) in [5.74, 6) is 0. The number of halogens is 1. The van der Waals surface area contributed by atoms with Crippen LogP contribution in [0.1, 0.15) is 40.0 Å². The molecule has 0 amide bonds. The van der Waals surface area contributed by atoms with Crippen LogP contribution in [0.5, 0.6) is 0 Å². The van der Waals surface area contributed by atoms with Crippen LogP contribution < -0.4 is 0 Å². The highest BCUT2D eigenvalue weighted by Gasteiger charge is 2.07. The standard InChI is InChI=1S/C7H11Cl.C2H6/c1-6-2-4-7(8)5-3-6;1-2/h2,7H,3-5H2,1H3;1-2H3. The second-order valence-electron chi connectivity index (χ2n) is 2.42. The fourth-order valence-corrected chi connectivity index (χ4v) is 1.13. The summed E-state index contributed by atoms with van der Waals surface area (Å²) in [7, 11) is 0. The Morgan fingerprint density at radius 2 is 2.10 bits per heavy atom.